The summed E-state index contributed by atoms with van der Waals surface area (Å²) in [5, 5.41) is 5.14. The van der Waals surface area contributed by atoms with Crippen molar-refractivity contribution in [3.63, 3.8) is 0 Å². The number of Topliss-reactive ketones (excluding diaryl/α,β-unsaturated/α-hetero) is 2. The predicted molar refractivity (Wildman–Crippen MR) is 147 cm³/mol. The van der Waals surface area contributed by atoms with Crippen LogP contribution in [0.15, 0.2) is 72.8 Å². The Balaban J connectivity index is 1.43. The number of nitrogens with zero attached hydrogens (tertiary/aromatic N) is 3. The normalized spacial score (nSPS) is 17.1. The highest BCUT2D eigenvalue weighted by atomic mass is 16.7. The summed E-state index contributed by atoms with van der Waals surface area (Å²) in [7, 11) is 0. The van der Waals surface area contributed by atoms with E-state index in [0.29, 0.717) is 29.8 Å². The molecular weight excluding hydrogens is 490 g/mol. The zero-order chi connectivity index (χ0) is 26.9. The number of rotatable bonds is 3. The van der Waals surface area contributed by atoms with Gasteiger partial charge in [-0.3, -0.25) is 9.59 Å². The first kappa shape index (κ1) is 23.7. The van der Waals surface area contributed by atoms with E-state index >= 15 is 0 Å². The van der Waals surface area contributed by atoms with E-state index in [1.165, 1.54) is 0 Å². The molecule has 3 aromatic carbocycles. The molecule has 2 aliphatic heterocycles. The SMILES string of the molecule is CC(C)(C)c1nn(-c2ccccc2)c2c1CC1(CN2Cc2ccc3c(c2)OCO3)C(=O)c2ccccc2C1=O. The molecule has 7 rings (SSSR count). The monoisotopic (exact) mass is 519 g/mol. The van der Waals surface area contributed by atoms with Crippen molar-refractivity contribution in [2.75, 3.05) is 18.2 Å². The number of para-hydroxylation sites is 1. The van der Waals surface area contributed by atoms with Gasteiger partial charge in [-0.25, -0.2) is 4.68 Å². The van der Waals surface area contributed by atoms with Gasteiger partial charge in [0.1, 0.15) is 11.2 Å². The van der Waals surface area contributed by atoms with Crippen LogP contribution in [0.5, 0.6) is 11.5 Å². The minimum Gasteiger partial charge on any atom is -0.454 e. The molecule has 0 N–H and O–H groups in total. The fraction of sp³-hybridized carbons (Fsp3) is 0.281. The number of aromatic nitrogens is 2. The maximum Gasteiger partial charge on any atom is 0.231 e. The molecule has 7 heteroatoms. The lowest BCUT2D eigenvalue weighted by molar-refractivity contribution is 0.0696. The van der Waals surface area contributed by atoms with Crippen LogP contribution >= 0.6 is 0 Å². The van der Waals surface area contributed by atoms with Crippen LogP contribution in [0.1, 0.15) is 58.3 Å². The number of ether oxygens (including phenoxy) is 2. The van der Waals surface area contributed by atoms with Crippen molar-refractivity contribution in [2.24, 2.45) is 5.41 Å². The van der Waals surface area contributed by atoms with Crippen LogP contribution in [0.3, 0.4) is 0 Å². The minimum absolute atomic E-state index is 0.100. The lowest BCUT2D eigenvalue weighted by Crippen LogP contribution is -2.50. The molecule has 0 saturated carbocycles. The predicted octanol–water partition coefficient (Wildman–Crippen LogP) is 5.53. The topological polar surface area (TPSA) is 73.7 Å². The largest absolute Gasteiger partial charge is 0.454 e. The van der Waals surface area contributed by atoms with Crippen LogP contribution in [0.4, 0.5) is 5.82 Å². The van der Waals surface area contributed by atoms with Crippen LogP contribution in [0.25, 0.3) is 5.69 Å². The van der Waals surface area contributed by atoms with Crippen molar-refractivity contribution < 1.29 is 19.1 Å². The van der Waals surface area contributed by atoms with Crippen LogP contribution in [0, 0.1) is 5.41 Å². The molecule has 1 aliphatic carbocycles. The second-order valence-corrected chi connectivity index (χ2v) is 11.7. The summed E-state index contributed by atoms with van der Waals surface area (Å²) in [5.74, 6) is 2.14. The third-order valence-electron chi connectivity index (χ3n) is 8.00. The second kappa shape index (κ2) is 8.30. The summed E-state index contributed by atoms with van der Waals surface area (Å²) in [6.45, 7) is 7.32. The van der Waals surface area contributed by atoms with Gasteiger partial charge in [0.25, 0.3) is 0 Å². The molecule has 0 bridgehead atoms. The van der Waals surface area contributed by atoms with Gasteiger partial charge < -0.3 is 14.4 Å². The zero-order valence-corrected chi connectivity index (χ0v) is 22.2. The van der Waals surface area contributed by atoms with Crippen LogP contribution < -0.4 is 14.4 Å². The average molecular weight is 520 g/mol. The van der Waals surface area contributed by atoms with Gasteiger partial charge >= 0.3 is 0 Å². The molecule has 196 valence electrons. The van der Waals surface area contributed by atoms with Crippen molar-refractivity contribution >= 4 is 17.4 Å². The van der Waals surface area contributed by atoms with Gasteiger partial charge in [-0.1, -0.05) is 69.3 Å². The van der Waals surface area contributed by atoms with Gasteiger partial charge in [-0.05, 0) is 36.2 Å². The van der Waals surface area contributed by atoms with Crippen molar-refractivity contribution in [3.05, 3.63) is 101 Å². The molecule has 0 fully saturated rings. The molecule has 3 aliphatic rings. The summed E-state index contributed by atoms with van der Waals surface area (Å²) in [4.78, 5) is 30.3. The highest BCUT2D eigenvalue weighted by Gasteiger charge is 2.57. The number of fused-ring (bicyclic) bond motifs is 3. The summed E-state index contributed by atoms with van der Waals surface area (Å²) in [6, 6.07) is 23.1. The molecule has 39 heavy (non-hydrogen) atoms. The zero-order valence-electron chi connectivity index (χ0n) is 22.2. The van der Waals surface area contributed by atoms with Gasteiger partial charge in [-0.15, -0.1) is 0 Å². The second-order valence-electron chi connectivity index (χ2n) is 11.7. The maximum atomic E-state index is 14.1. The lowest BCUT2D eigenvalue weighted by Gasteiger charge is -2.40. The third kappa shape index (κ3) is 3.52. The Morgan fingerprint density at radius 3 is 2.23 bits per heavy atom. The molecule has 4 aromatic rings. The van der Waals surface area contributed by atoms with E-state index in [1.807, 2.05) is 65.3 Å². The van der Waals surface area contributed by atoms with Crippen LogP contribution in [-0.2, 0) is 18.4 Å². The molecule has 0 amide bonds. The van der Waals surface area contributed by atoms with Gasteiger partial charge in [0.15, 0.2) is 23.1 Å². The summed E-state index contributed by atoms with van der Waals surface area (Å²) >= 11 is 0. The quantitative estimate of drug-likeness (QED) is 0.332. The molecule has 0 radical (unpaired) electrons. The Morgan fingerprint density at radius 2 is 1.54 bits per heavy atom. The summed E-state index contributed by atoms with van der Waals surface area (Å²) < 4.78 is 13.1. The first-order valence-electron chi connectivity index (χ1n) is 13.3. The Hall–Kier alpha value is -4.39. The van der Waals surface area contributed by atoms with E-state index in [2.05, 4.69) is 25.7 Å². The van der Waals surface area contributed by atoms with Gasteiger partial charge in [-0.2, -0.15) is 5.10 Å². The summed E-state index contributed by atoms with van der Waals surface area (Å²) in [6.07, 6.45) is 0.325. The van der Waals surface area contributed by atoms with Crippen molar-refractivity contribution in [1.29, 1.82) is 0 Å². The van der Waals surface area contributed by atoms with Crippen LogP contribution in [0.2, 0.25) is 0 Å². The number of carbonyl (C=O) groups excluding carboxylic acids is 2. The van der Waals surface area contributed by atoms with Gasteiger partial charge in [0.05, 0.1) is 11.4 Å². The average Bonchev–Trinajstić information content (AvgIpc) is 3.61. The van der Waals surface area contributed by atoms with E-state index in [0.717, 1.165) is 34.1 Å². The fourth-order valence-corrected chi connectivity index (χ4v) is 6.23. The van der Waals surface area contributed by atoms with E-state index in [1.54, 1.807) is 12.1 Å². The lowest BCUT2D eigenvalue weighted by atomic mass is 9.72. The summed E-state index contributed by atoms with van der Waals surface area (Å²) in [5.41, 5.74) is 3.31. The minimum atomic E-state index is -1.20. The number of hydrogen-bond donors (Lipinski definition) is 0. The standard InChI is InChI=1S/C32H29N3O4/c1-31(2,3)27-24-16-32(28(36)22-11-7-8-12-23(22)29(32)37)18-34(17-20-13-14-25-26(15-20)39-19-38-25)30(24)35(33-27)21-9-5-4-6-10-21/h4-15H,16-19H2,1-3H3. The van der Waals surface area contributed by atoms with Crippen LogP contribution in [-0.4, -0.2) is 34.7 Å². The van der Waals surface area contributed by atoms with E-state index in [4.69, 9.17) is 14.6 Å². The Bertz CT molecular complexity index is 1610. The maximum absolute atomic E-state index is 14.1. The first-order chi connectivity index (χ1) is 18.8. The molecule has 0 atom stereocenters. The van der Waals surface area contributed by atoms with Gasteiger partial charge in [0.2, 0.25) is 6.79 Å². The van der Waals surface area contributed by atoms with E-state index in [-0.39, 0.29) is 30.3 Å². The van der Waals surface area contributed by atoms with E-state index in [9.17, 15) is 9.59 Å². The highest BCUT2D eigenvalue weighted by molar-refractivity contribution is 6.30. The number of ketones is 2. The molecule has 1 aromatic heterocycles. The van der Waals surface area contributed by atoms with E-state index < -0.39 is 5.41 Å². The number of anilines is 1. The fourth-order valence-electron chi connectivity index (χ4n) is 6.23. The number of carbonyl (C=O) groups is 2. The molecule has 3 heterocycles. The Kier molecular flexibility index (Phi) is 5.05. The highest BCUT2D eigenvalue weighted by Crippen LogP contribution is 2.49. The molecule has 1 spiro atoms. The molecule has 7 nitrogen and oxygen atoms in total. The third-order valence-corrected chi connectivity index (χ3v) is 8.00. The molecule has 0 saturated heterocycles. The van der Waals surface area contributed by atoms with Gasteiger partial charge in [0, 0.05) is 35.2 Å². The number of hydrogen-bond acceptors (Lipinski definition) is 6. The van der Waals surface area contributed by atoms with Crippen molar-refractivity contribution in [1.82, 2.24) is 9.78 Å². The van der Waals surface area contributed by atoms with Crippen molar-refractivity contribution in [3.8, 4) is 17.2 Å². The molecule has 0 unspecified atom stereocenters. The number of benzene rings is 3. The smallest absolute Gasteiger partial charge is 0.231 e. The Morgan fingerprint density at radius 1 is 0.872 bits per heavy atom. The first-order valence-corrected chi connectivity index (χ1v) is 13.3. The molecular formula is C32H29N3O4. The van der Waals surface area contributed by atoms with Crippen molar-refractivity contribution in [2.45, 2.75) is 39.2 Å². The Labute approximate surface area is 227 Å².